The van der Waals surface area contributed by atoms with Crippen molar-refractivity contribution < 1.29 is 19.1 Å². The second-order valence-electron chi connectivity index (χ2n) is 6.63. The topological polar surface area (TPSA) is 78.9 Å². The number of benzene rings is 2. The van der Waals surface area contributed by atoms with Gasteiger partial charge in [-0.3, -0.25) is 14.5 Å². The normalized spacial score (nSPS) is 16.1. The summed E-state index contributed by atoms with van der Waals surface area (Å²) in [5.41, 5.74) is 1.91. The van der Waals surface area contributed by atoms with Crippen molar-refractivity contribution in [2.45, 2.75) is 19.0 Å². The number of likely N-dealkylation sites (N-methyl/N-ethyl adjacent to an activating group) is 1. The van der Waals surface area contributed by atoms with Crippen molar-refractivity contribution >= 4 is 40.8 Å². The number of carbonyl (C=O) groups is 3. The minimum Gasteiger partial charge on any atom is -0.465 e. The highest BCUT2D eigenvalue weighted by Gasteiger charge is 2.41. The molecule has 0 spiro atoms. The Labute approximate surface area is 174 Å². The number of anilines is 1. The van der Waals surface area contributed by atoms with Gasteiger partial charge in [0.25, 0.3) is 5.91 Å². The quantitative estimate of drug-likeness (QED) is 0.581. The van der Waals surface area contributed by atoms with Gasteiger partial charge in [-0.25, -0.2) is 4.79 Å². The fraction of sp³-hybridized carbons (Fsp3) is 0.238. The molecule has 2 aromatic rings. The van der Waals surface area contributed by atoms with Crippen molar-refractivity contribution in [3.05, 3.63) is 65.7 Å². The monoisotopic (exact) mass is 411 g/mol. The highest BCUT2D eigenvalue weighted by atomic mass is 32.1. The maximum atomic E-state index is 12.6. The van der Waals surface area contributed by atoms with Crippen LogP contribution < -0.4 is 5.32 Å². The van der Waals surface area contributed by atoms with Crippen LogP contribution in [0.5, 0.6) is 0 Å². The zero-order valence-electron chi connectivity index (χ0n) is 16.1. The molecule has 29 heavy (non-hydrogen) atoms. The molecular formula is C21H21N3O4S. The Hall–Kier alpha value is -3.26. The summed E-state index contributed by atoms with van der Waals surface area (Å²) in [5, 5.41) is 3.16. The molecule has 7 nitrogen and oxygen atoms in total. The van der Waals surface area contributed by atoms with Crippen LogP contribution in [0.15, 0.2) is 54.6 Å². The molecule has 0 aliphatic carbocycles. The van der Waals surface area contributed by atoms with Gasteiger partial charge in [-0.05, 0) is 42.0 Å². The first-order valence-electron chi connectivity index (χ1n) is 9.01. The van der Waals surface area contributed by atoms with E-state index in [0.29, 0.717) is 22.9 Å². The first kappa shape index (κ1) is 20.5. The number of nitrogens with zero attached hydrogens (tertiary/aromatic N) is 2. The van der Waals surface area contributed by atoms with Crippen LogP contribution in [0.1, 0.15) is 22.3 Å². The molecular weight excluding hydrogens is 390 g/mol. The molecule has 0 aromatic heterocycles. The Kier molecular flexibility index (Phi) is 6.23. The van der Waals surface area contributed by atoms with E-state index in [1.807, 2.05) is 30.3 Å². The lowest BCUT2D eigenvalue weighted by Crippen LogP contribution is -2.37. The van der Waals surface area contributed by atoms with Crippen molar-refractivity contribution in [2.75, 3.05) is 19.5 Å². The SMILES string of the molecule is COC(=O)c1ccc(NC(=O)C[C@H]2C(=O)N(C)C(=S)N2Cc2ccccc2)cc1. The number of carbonyl (C=O) groups excluding carboxylic acids is 3. The molecule has 0 bridgehead atoms. The highest BCUT2D eigenvalue weighted by molar-refractivity contribution is 7.80. The molecule has 1 aliphatic heterocycles. The maximum Gasteiger partial charge on any atom is 0.337 e. The summed E-state index contributed by atoms with van der Waals surface area (Å²) in [6.07, 6.45) is -0.0328. The number of amides is 2. The van der Waals surface area contributed by atoms with Crippen LogP contribution in [0, 0.1) is 0 Å². The zero-order valence-corrected chi connectivity index (χ0v) is 16.9. The number of thiocarbonyl (C=S) groups is 1. The van der Waals surface area contributed by atoms with Gasteiger partial charge in [-0.2, -0.15) is 0 Å². The van der Waals surface area contributed by atoms with Crippen molar-refractivity contribution in [1.82, 2.24) is 9.80 Å². The number of hydrogen-bond donors (Lipinski definition) is 1. The van der Waals surface area contributed by atoms with E-state index in [0.717, 1.165) is 5.56 Å². The van der Waals surface area contributed by atoms with Crippen molar-refractivity contribution in [2.24, 2.45) is 0 Å². The van der Waals surface area contributed by atoms with Crippen LogP contribution in [-0.2, 0) is 20.9 Å². The summed E-state index contributed by atoms with van der Waals surface area (Å²) >= 11 is 5.40. The Morgan fingerprint density at radius 2 is 1.76 bits per heavy atom. The molecule has 1 N–H and O–H groups in total. The summed E-state index contributed by atoms with van der Waals surface area (Å²) in [6, 6.07) is 15.3. The third kappa shape index (κ3) is 4.60. The minimum absolute atomic E-state index is 0.0328. The molecule has 1 aliphatic rings. The molecule has 2 aromatic carbocycles. The van der Waals surface area contributed by atoms with Gasteiger partial charge >= 0.3 is 5.97 Å². The Bertz CT molecular complexity index is 931. The molecule has 1 saturated heterocycles. The first-order chi connectivity index (χ1) is 13.9. The van der Waals surface area contributed by atoms with Gasteiger partial charge < -0.3 is 15.0 Å². The molecule has 0 saturated carbocycles. The molecule has 3 rings (SSSR count). The van der Waals surface area contributed by atoms with Crippen molar-refractivity contribution in [3.8, 4) is 0 Å². The second-order valence-corrected chi connectivity index (χ2v) is 7.00. The summed E-state index contributed by atoms with van der Waals surface area (Å²) in [5.74, 6) is -0.972. The van der Waals surface area contributed by atoms with E-state index in [1.165, 1.54) is 12.0 Å². The van der Waals surface area contributed by atoms with Crippen LogP contribution in [-0.4, -0.2) is 52.9 Å². The van der Waals surface area contributed by atoms with Crippen LogP contribution in [0.4, 0.5) is 5.69 Å². The molecule has 1 fully saturated rings. The maximum absolute atomic E-state index is 12.6. The summed E-state index contributed by atoms with van der Waals surface area (Å²) in [7, 11) is 2.92. The molecule has 1 atom stereocenters. The number of nitrogens with one attached hydrogen (secondary N) is 1. The van der Waals surface area contributed by atoms with Gasteiger partial charge in [0.1, 0.15) is 6.04 Å². The van der Waals surface area contributed by atoms with Gasteiger partial charge in [0.05, 0.1) is 19.1 Å². The Balaban J connectivity index is 1.69. The van der Waals surface area contributed by atoms with Crippen LogP contribution in [0.3, 0.4) is 0 Å². The van der Waals surface area contributed by atoms with Gasteiger partial charge in [-0.1, -0.05) is 30.3 Å². The van der Waals surface area contributed by atoms with Crippen molar-refractivity contribution in [1.29, 1.82) is 0 Å². The molecule has 0 radical (unpaired) electrons. The van der Waals surface area contributed by atoms with E-state index < -0.39 is 12.0 Å². The predicted molar refractivity (Wildman–Crippen MR) is 112 cm³/mol. The summed E-state index contributed by atoms with van der Waals surface area (Å²) in [4.78, 5) is 39.8. The predicted octanol–water partition coefficient (Wildman–Crippen LogP) is 2.43. The Morgan fingerprint density at radius 1 is 1.10 bits per heavy atom. The average molecular weight is 411 g/mol. The van der Waals surface area contributed by atoms with E-state index >= 15 is 0 Å². The van der Waals surface area contributed by atoms with Gasteiger partial charge in [0, 0.05) is 19.3 Å². The number of methoxy groups -OCH3 is 1. The van der Waals surface area contributed by atoms with E-state index in [1.54, 1.807) is 36.2 Å². The Morgan fingerprint density at radius 3 is 2.38 bits per heavy atom. The fourth-order valence-electron chi connectivity index (χ4n) is 3.13. The third-order valence-electron chi connectivity index (χ3n) is 4.69. The largest absolute Gasteiger partial charge is 0.465 e. The molecule has 8 heteroatoms. The average Bonchev–Trinajstić information content (AvgIpc) is 2.93. The molecule has 2 amide bonds. The number of ether oxygens (including phenoxy) is 1. The number of esters is 1. The lowest BCUT2D eigenvalue weighted by molar-refractivity contribution is -0.130. The molecule has 1 heterocycles. The number of hydrogen-bond acceptors (Lipinski definition) is 5. The fourth-order valence-corrected chi connectivity index (χ4v) is 3.41. The van der Waals surface area contributed by atoms with E-state index in [4.69, 9.17) is 12.2 Å². The van der Waals surface area contributed by atoms with E-state index in [-0.39, 0.29) is 18.2 Å². The van der Waals surface area contributed by atoms with Crippen LogP contribution in [0.2, 0.25) is 0 Å². The lowest BCUT2D eigenvalue weighted by Gasteiger charge is -2.23. The molecule has 0 unspecified atom stereocenters. The first-order valence-corrected chi connectivity index (χ1v) is 9.42. The zero-order chi connectivity index (χ0) is 21.0. The van der Waals surface area contributed by atoms with Gasteiger partial charge in [-0.15, -0.1) is 0 Å². The number of rotatable bonds is 6. The van der Waals surface area contributed by atoms with E-state index in [9.17, 15) is 14.4 Å². The molecule has 150 valence electrons. The third-order valence-corrected chi connectivity index (χ3v) is 5.20. The smallest absolute Gasteiger partial charge is 0.337 e. The van der Waals surface area contributed by atoms with Gasteiger partial charge in [0.15, 0.2) is 5.11 Å². The van der Waals surface area contributed by atoms with E-state index in [2.05, 4.69) is 10.1 Å². The minimum atomic E-state index is -0.665. The summed E-state index contributed by atoms with van der Waals surface area (Å²) in [6.45, 7) is 0.446. The highest BCUT2D eigenvalue weighted by Crippen LogP contribution is 2.23. The lowest BCUT2D eigenvalue weighted by atomic mass is 10.1. The van der Waals surface area contributed by atoms with Gasteiger partial charge in [0.2, 0.25) is 5.91 Å². The standard InChI is InChI=1S/C21H21N3O4S/c1-23-19(26)17(24(21(23)29)13-14-6-4-3-5-7-14)12-18(25)22-16-10-8-15(9-11-16)20(27)28-2/h3-11,17H,12-13H2,1-2H3,(H,22,25)/t17-/m0/s1. The van der Waals surface area contributed by atoms with Crippen LogP contribution >= 0.6 is 12.2 Å². The second kappa shape index (κ2) is 8.83. The van der Waals surface area contributed by atoms with Crippen LogP contribution in [0.25, 0.3) is 0 Å². The summed E-state index contributed by atoms with van der Waals surface area (Å²) < 4.78 is 4.65. The van der Waals surface area contributed by atoms with Crippen molar-refractivity contribution in [3.63, 3.8) is 0 Å².